The molecule has 0 unspecified atom stereocenters. The highest BCUT2D eigenvalue weighted by Crippen LogP contribution is 2.28. The number of nitrogens with one attached hydrogen (secondary N) is 1. The van der Waals surface area contributed by atoms with Crippen molar-refractivity contribution in [3.8, 4) is 11.5 Å². The molecule has 1 N–H and O–H groups in total. The summed E-state index contributed by atoms with van der Waals surface area (Å²) >= 11 is 1.60. The SMILES string of the molecule is C=CCN(CC(=O)N(CCc1ccc(OC)c(OC)c1)Cc1cccs1)C(=O)Nc1cccc(C)c1C. The number of methoxy groups -OCH3 is 2. The van der Waals surface area contributed by atoms with Gasteiger partial charge in [0.1, 0.15) is 6.54 Å². The van der Waals surface area contributed by atoms with E-state index in [0.717, 1.165) is 27.3 Å². The highest BCUT2D eigenvalue weighted by Gasteiger charge is 2.22. The van der Waals surface area contributed by atoms with Crippen LogP contribution in [0.25, 0.3) is 0 Å². The summed E-state index contributed by atoms with van der Waals surface area (Å²) < 4.78 is 10.8. The highest BCUT2D eigenvalue weighted by molar-refractivity contribution is 7.09. The number of carbonyl (C=O) groups excluding carboxylic acids is 2. The maximum Gasteiger partial charge on any atom is 0.322 e. The first-order valence-corrected chi connectivity index (χ1v) is 13.0. The quantitative estimate of drug-likeness (QED) is 0.312. The Morgan fingerprint density at radius 3 is 2.49 bits per heavy atom. The molecule has 196 valence electrons. The second kappa shape index (κ2) is 13.5. The third-order valence-electron chi connectivity index (χ3n) is 6.21. The molecular formula is C29H35N3O4S. The summed E-state index contributed by atoms with van der Waals surface area (Å²) in [5.41, 5.74) is 3.84. The lowest BCUT2D eigenvalue weighted by Gasteiger charge is -2.27. The van der Waals surface area contributed by atoms with E-state index >= 15 is 0 Å². The second-order valence-corrected chi connectivity index (χ2v) is 9.71. The Bertz CT molecular complexity index is 1210. The topological polar surface area (TPSA) is 71.1 Å². The predicted molar refractivity (Wildman–Crippen MR) is 150 cm³/mol. The number of hydrogen-bond donors (Lipinski definition) is 1. The fourth-order valence-corrected chi connectivity index (χ4v) is 4.62. The third kappa shape index (κ3) is 7.60. The van der Waals surface area contributed by atoms with Crippen LogP contribution in [0, 0.1) is 13.8 Å². The molecule has 0 fully saturated rings. The van der Waals surface area contributed by atoms with Crippen molar-refractivity contribution in [2.24, 2.45) is 0 Å². The van der Waals surface area contributed by atoms with Crippen LogP contribution < -0.4 is 14.8 Å². The molecule has 1 aromatic heterocycles. The monoisotopic (exact) mass is 521 g/mol. The zero-order valence-corrected chi connectivity index (χ0v) is 22.8. The molecule has 1 heterocycles. The van der Waals surface area contributed by atoms with Crippen LogP contribution in [0.5, 0.6) is 11.5 Å². The number of nitrogens with zero attached hydrogens (tertiary/aromatic N) is 2. The minimum Gasteiger partial charge on any atom is -0.493 e. The van der Waals surface area contributed by atoms with Crippen LogP contribution >= 0.6 is 11.3 Å². The van der Waals surface area contributed by atoms with Gasteiger partial charge in [-0.15, -0.1) is 17.9 Å². The first kappa shape index (κ1) is 27.8. The molecule has 0 aliphatic rings. The zero-order chi connectivity index (χ0) is 26.8. The van der Waals surface area contributed by atoms with Gasteiger partial charge in [-0.1, -0.05) is 30.3 Å². The van der Waals surface area contributed by atoms with Gasteiger partial charge in [-0.2, -0.15) is 0 Å². The van der Waals surface area contributed by atoms with E-state index in [1.165, 1.54) is 4.90 Å². The van der Waals surface area contributed by atoms with Crippen LogP contribution in [0.3, 0.4) is 0 Å². The van der Waals surface area contributed by atoms with Gasteiger partial charge in [0.05, 0.1) is 20.8 Å². The highest BCUT2D eigenvalue weighted by atomic mass is 32.1. The van der Waals surface area contributed by atoms with E-state index < -0.39 is 0 Å². The summed E-state index contributed by atoms with van der Waals surface area (Å²) in [6, 6.07) is 15.2. The van der Waals surface area contributed by atoms with Crippen LogP contribution in [0.2, 0.25) is 0 Å². The van der Waals surface area contributed by atoms with Crippen molar-refractivity contribution in [1.29, 1.82) is 0 Å². The Balaban J connectivity index is 1.74. The van der Waals surface area contributed by atoms with E-state index in [0.29, 0.717) is 31.0 Å². The molecule has 2 aromatic carbocycles. The average Bonchev–Trinajstić information content (AvgIpc) is 3.41. The summed E-state index contributed by atoms with van der Waals surface area (Å²) in [5.74, 6) is 1.18. The molecule has 3 rings (SSSR count). The number of carbonyl (C=O) groups is 2. The number of anilines is 1. The molecule has 0 spiro atoms. The Labute approximate surface area is 223 Å². The largest absolute Gasteiger partial charge is 0.493 e. The third-order valence-corrected chi connectivity index (χ3v) is 7.07. The minimum atomic E-state index is -0.335. The lowest BCUT2D eigenvalue weighted by Crippen LogP contribution is -2.45. The smallest absolute Gasteiger partial charge is 0.322 e. The van der Waals surface area contributed by atoms with Crippen molar-refractivity contribution in [3.63, 3.8) is 0 Å². The van der Waals surface area contributed by atoms with Crippen molar-refractivity contribution in [3.05, 3.63) is 88.1 Å². The van der Waals surface area contributed by atoms with Gasteiger partial charge in [-0.05, 0) is 66.6 Å². The van der Waals surface area contributed by atoms with Crippen molar-refractivity contribution >= 4 is 29.0 Å². The normalized spacial score (nSPS) is 10.5. The average molecular weight is 522 g/mol. The van der Waals surface area contributed by atoms with Gasteiger partial charge in [0, 0.05) is 23.7 Å². The Morgan fingerprint density at radius 2 is 1.81 bits per heavy atom. The summed E-state index contributed by atoms with van der Waals surface area (Å²) in [5, 5.41) is 4.95. The summed E-state index contributed by atoms with van der Waals surface area (Å²) in [7, 11) is 3.20. The van der Waals surface area contributed by atoms with Crippen LogP contribution in [0.1, 0.15) is 21.6 Å². The molecule has 0 saturated carbocycles. The van der Waals surface area contributed by atoms with E-state index in [2.05, 4.69) is 11.9 Å². The van der Waals surface area contributed by atoms with Gasteiger partial charge < -0.3 is 24.6 Å². The van der Waals surface area contributed by atoms with E-state index in [4.69, 9.17) is 9.47 Å². The number of urea groups is 1. The lowest BCUT2D eigenvalue weighted by atomic mass is 10.1. The maximum absolute atomic E-state index is 13.5. The van der Waals surface area contributed by atoms with Crippen LogP contribution in [0.4, 0.5) is 10.5 Å². The van der Waals surface area contributed by atoms with Crippen LogP contribution in [-0.4, -0.2) is 55.6 Å². The molecule has 0 aliphatic carbocycles. The van der Waals surface area contributed by atoms with Crippen molar-refractivity contribution in [2.45, 2.75) is 26.8 Å². The second-order valence-electron chi connectivity index (χ2n) is 8.68. The van der Waals surface area contributed by atoms with E-state index in [1.54, 1.807) is 36.5 Å². The van der Waals surface area contributed by atoms with Crippen LogP contribution in [-0.2, 0) is 17.8 Å². The molecule has 3 amide bonds. The summed E-state index contributed by atoms with van der Waals surface area (Å²) in [6.45, 7) is 8.90. The maximum atomic E-state index is 13.5. The number of benzene rings is 2. The number of aryl methyl sites for hydroxylation is 1. The van der Waals surface area contributed by atoms with Crippen LogP contribution in [0.15, 0.2) is 66.6 Å². The van der Waals surface area contributed by atoms with Gasteiger partial charge >= 0.3 is 6.03 Å². The van der Waals surface area contributed by atoms with Crippen molar-refractivity contribution in [2.75, 3.05) is 39.2 Å². The fraction of sp³-hybridized carbons (Fsp3) is 0.310. The summed E-state index contributed by atoms with van der Waals surface area (Å²) in [6.07, 6.45) is 2.26. The van der Waals surface area contributed by atoms with Gasteiger partial charge in [-0.3, -0.25) is 4.79 Å². The van der Waals surface area contributed by atoms with Gasteiger partial charge in [0.25, 0.3) is 0 Å². The van der Waals surface area contributed by atoms with Gasteiger partial charge in [0.15, 0.2) is 11.5 Å². The zero-order valence-electron chi connectivity index (χ0n) is 22.0. The fourth-order valence-electron chi connectivity index (χ4n) is 3.90. The number of ether oxygens (including phenoxy) is 2. The predicted octanol–water partition coefficient (Wildman–Crippen LogP) is 5.67. The standard InChI is InChI=1S/C29H35N3O4S/c1-6-15-32(29(34)30-25-11-7-9-21(2)22(25)3)20-28(33)31(19-24-10-8-17-37-24)16-14-23-12-13-26(35-4)27(18-23)36-5/h6-13,17-18H,1,14-16,19-20H2,2-5H3,(H,30,34). The molecule has 8 heteroatoms. The molecular weight excluding hydrogens is 486 g/mol. The minimum absolute atomic E-state index is 0.0555. The number of hydrogen-bond acceptors (Lipinski definition) is 5. The van der Waals surface area contributed by atoms with Crippen molar-refractivity contribution in [1.82, 2.24) is 9.80 Å². The Kier molecular flexibility index (Phi) is 10.1. The molecule has 3 aromatic rings. The molecule has 0 aliphatic heterocycles. The molecule has 0 atom stereocenters. The van der Waals surface area contributed by atoms with E-state index in [1.807, 2.05) is 67.8 Å². The number of amides is 3. The van der Waals surface area contributed by atoms with Gasteiger partial charge in [0.2, 0.25) is 5.91 Å². The lowest BCUT2D eigenvalue weighted by molar-refractivity contribution is -0.132. The molecule has 37 heavy (non-hydrogen) atoms. The number of rotatable bonds is 12. The molecule has 0 saturated heterocycles. The van der Waals surface area contributed by atoms with E-state index in [-0.39, 0.29) is 25.0 Å². The Hall–Kier alpha value is -3.78. The first-order chi connectivity index (χ1) is 17.9. The Morgan fingerprint density at radius 1 is 1.03 bits per heavy atom. The van der Waals surface area contributed by atoms with Gasteiger partial charge in [-0.25, -0.2) is 4.79 Å². The summed E-state index contributed by atoms with van der Waals surface area (Å²) in [4.78, 5) is 31.0. The molecule has 0 bridgehead atoms. The van der Waals surface area contributed by atoms with E-state index in [9.17, 15) is 9.59 Å². The molecule has 0 radical (unpaired) electrons. The molecule has 7 nitrogen and oxygen atoms in total. The van der Waals surface area contributed by atoms with Crippen molar-refractivity contribution < 1.29 is 19.1 Å². The number of thiophene rings is 1. The first-order valence-electron chi connectivity index (χ1n) is 12.1.